The van der Waals surface area contributed by atoms with Crippen LogP contribution in [-0.2, 0) is 17.6 Å². The number of fused-ring (bicyclic) bond motifs is 1. The van der Waals surface area contributed by atoms with E-state index in [0.717, 1.165) is 23.3 Å². The highest BCUT2D eigenvalue weighted by Crippen LogP contribution is 2.35. The fourth-order valence-corrected chi connectivity index (χ4v) is 2.32. The molecule has 18 heavy (non-hydrogen) atoms. The van der Waals surface area contributed by atoms with Crippen LogP contribution in [0.25, 0.3) is 0 Å². The topological polar surface area (TPSA) is 55.8 Å². The van der Waals surface area contributed by atoms with E-state index in [-0.39, 0.29) is 6.10 Å². The number of ether oxygens (including phenoxy) is 2. The fourth-order valence-electron chi connectivity index (χ4n) is 2.13. The molecule has 5 heteroatoms. The zero-order valence-corrected chi connectivity index (χ0v) is 11.2. The first-order valence-electron chi connectivity index (χ1n) is 5.78. The van der Waals surface area contributed by atoms with E-state index in [4.69, 9.17) is 14.6 Å². The Kier molecular flexibility index (Phi) is 3.71. The lowest BCUT2D eigenvalue weighted by Gasteiger charge is -2.12. The maximum atomic E-state index is 10.8. The molecule has 98 valence electrons. The summed E-state index contributed by atoms with van der Waals surface area (Å²) in [4.78, 5) is 10.8. The number of rotatable bonds is 4. The Balaban J connectivity index is 2.30. The summed E-state index contributed by atoms with van der Waals surface area (Å²) in [5, 5.41) is 8.15. The summed E-state index contributed by atoms with van der Waals surface area (Å²) in [6, 6.07) is 3.79. The van der Waals surface area contributed by atoms with Gasteiger partial charge in [-0.3, -0.25) is 4.79 Å². The molecule has 1 aromatic rings. The summed E-state index contributed by atoms with van der Waals surface area (Å²) in [7, 11) is 1.58. The van der Waals surface area contributed by atoms with Gasteiger partial charge in [0.25, 0.3) is 0 Å². The van der Waals surface area contributed by atoms with E-state index in [0.29, 0.717) is 12.2 Å². The first kappa shape index (κ1) is 13.1. The predicted octanol–water partition coefficient (Wildman–Crippen LogP) is 1.94. The molecular weight excluding hydrogens is 252 g/mol. The summed E-state index contributed by atoms with van der Waals surface area (Å²) in [6.45, 7) is 2.00. The van der Waals surface area contributed by atoms with Gasteiger partial charge in [0.05, 0.1) is 7.11 Å². The number of methoxy groups -OCH3 is 1. The Hall–Kier alpha value is -1.36. The second-order valence-corrected chi connectivity index (χ2v) is 5.09. The van der Waals surface area contributed by atoms with Crippen LogP contribution < -0.4 is 9.47 Å². The minimum Gasteiger partial charge on any atom is -0.496 e. The van der Waals surface area contributed by atoms with E-state index in [9.17, 15) is 4.79 Å². The van der Waals surface area contributed by atoms with E-state index >= 15 is 0 Å². The van der Waals surface area contributed by atoms with Crippen molar-refractivity contribution in [1.29, 1.82) is 0 Å². The summed E-state index contributed by atoms with van der Waals surface area (Å²) < 4.78 is 11.0. The van der Waals surface area contributed by atoms with Crippen molar-refractivity contribution in [2.24, 2.45) is 0 Å². The van der Waals surface area contributed by atoms with Crippen molar-refractivity contribution >= 4 is 18.6 Å². The van der Waals surface area contributed by atoms with E-state index in [1.54, 1.807) is 7.11 Å². The first-order valence-corrected chi connectivity index (χ1v) is 6.30. The second-order valence-electron chi connectivity index (χ2n) is 4.46. The van der Waals surface area contributed by atoms with Crippen molar-refractivity contribution in [3.63, 3.8) is 0 Å². The van der Waals surface area contributed by atoms with Gasteiger partial charge < -0.3 is 14.6 Å². The molecule has 2 rings (SSSR count). The van der Waals surface area contributed by atoms with Gasteiger partial charge in [-0.15, -0.1) is 0 Å². The molecule has 0 saturated carbocycles. The predicted molar refractivity (Wildman–Crippen MR) is 70.9 cm³/mol. The molecule has 1 aromatic carbocycles. The van der Waals surface area contributed by atoms with Crippen LogP contribution in [0.2, 0.25) is 0 Å². The highest BCUT2D eigenvalue weighted by Gasteiger charge is 2.23. The Bertz CT molecular complexity index is 472. The van der Waals surface area contributed by atoms with Crippen LogP contribution >= 0.6 is 12.6 Å². The van der Waals surface area contributed by atoms with Crippen LogP contribution in [-0.4, -0.2) is 29.5 Å². The van der Waals surface area contributed by atoms with Crippen LogP contribution in [0.3, 0.4) is 0 Å². The Morgan fingerprint density at radius 3 is 3.00 bits per heavy atom. The quantitative estimate of drug-likeness (QED) is 0.819. The molecule has 1 heterocycles. The van der Waals surface area contributed by atoms with E-state index in [1.807, 2.05) is 19.1 Å². The zero-order chi connectivity index (χ0) is 13.3. The number of benzene rings is 1. The lowest BCUT2D eigenvalue weighted by molar-refractivity contribution is -0.136. The molecule has 1 aliphatic rings. The summed E-state index contributed by atoms with van der Waals surface area (Å²) in [6.07, 6.45) is 1.33. The van der Waals surface area contributed by atoms with Gasteiger partial charge >= 0.3 is 5.97 Å². The molecule has 2 unspecified atom stereocenters. The highest BCUT2D eigenvalue weighted by atomic mass is 32.1. The molecule has 4 nitrogen and oxygen atoms in total. The molecule has 1 aliphatic heterocycles. The van der Waals surface area contributed by atoms with E-state index in [2.05, 4.69) is 12.6 Å². The molecule has 0 aromatic heterocycles. The monoisotopic (exact) mass is 268 g/mol. The number of hydrogen-bond acceptors (Lipinski definition) is 4. The molecule has 0 spiro atoms. The Morgan fingerprint density at radius 1 is 1.67 bits per heavy atom. The molecule has 0 bridgehead atoms. The van der Waals surface area contributed by atoms with Crippen molar-refractivity contribution in [2.45, 2.75) is 31.1 Å². The van der Waals surface area contributed by atoms with Gasteiger partial charge in [0.2, 0.25) is 0 Å². The van der Waals surface area contributed by atoms with Gasteiger partial charge in [-0.2, -0.15) is 12.6 Å². The Labute approximate surface area is 111 Å². The number of thiol groups is 1. The number of aliphatic carboxylic acids is 1. The number of hydrogen-bond donors (Lipinski definition) is 2. The van der Waals surface area contributed by atoms with Gasteiger partial charge in [-0.25, -0.2) is 0 Å². The summed E-state index contributed by atoms with van der Waals surface area (Å²) >= 11 is 4.05. The maximum Gasteiger partial charge on any atom is 0.316 e. The van der Waals surface area contributed by atoms with Crippen LogP contribution in [0.1, 0.15) is 18.1 Å². The third-order valence-corrected chi connectivity index (χ3v) is 3.40. The third-order valence-electron chi connectivity index (χ3n) is 3.00. The highest BCUT2D eigenvalue weighted by molar-refractivity contribution is 7.81. The molecule has 0 amide bonds. The lowest BCUT2D eigenvalue weighted by Crippen LogP contribution is -2.16. The van der Waals surface area contributed by atoms with Gasteiger partial charge in [-0.1, -0.05) is 0 Å². The van der Waals surface area contributed by atoms with Crippen molar-refractivity contribution in [1.82, 2.24) is 0 Å². The SMILES string of the molecule is COc1cc2c(cc1CC(S)C(=O)O)OC(C)C2. The Morgan fingerprint density at radius 2 is 2.39 bits per heavy atom. The van der Waals surface area contributed by atoms with Gasteiger partial charge in [0.15, 0.2) is 0 Å². The van der Waals surface area contributed by atoms with Gasteiger partial charge in [0, 0.05) is 12.0 Å². The van der Waals surface area contributed by atoms with Crippen molar-refractivity contribution in [3.05, 3.63) is 23.3 Å². The van der Waals surface area contributed by atoms with Crippen molar-refractivity contribution < 1.29 is 19.4 Å². The third kappa shape index (κ3) is 2.56. The molecule has 1 N–H and O–H groups in total. The average molecular weight is 268 g/mol. The largest absolute Gasteiger partial charge is 0.496 e. The molecule has 0 fully saturated rings. The van der Waals surface area contributed by atoms with Crippen molar-refractivity contribution in [3.8, 4) is 11.5 Å². The van der Waals surface area contributed by atoms with Crippen molar-refractivity contribution in [2.75, 3.05) is 7.11 Å². The van der Waals surface area contributed by atoms with E-state index < -0.39 is 11.2 Å². The zero-order valence-electron chi connectivity index (χ0n) is 10.3. The standard InChI is InChI=1S/C13H16O4S/c1-7-3-8-4-10(16-2)9(5-11(8)17-7)6-12(18)13(14)15/h4-5,7,12,18H,3,6H2,1-2H3,(H,14,15). The summed E-state index contributed by atoms with van der Waals surface area (Å²) in [5.74, 6) is 0.589. The number of carboxylic acid groups (broad SMARTS) is 1. The molecular formula is C13H16O4S. The molecule has 0 aliphatic carbocycles. The lowest BCUT2D eigenvalue weighted by atomic mass is 10.0. The second kappa shape index (κ2) is 5.10. The molecule has 2 atom stereocenters. The fraction of sp³-hybridized carbons (Fsp3) is 0.462. The minimum absolute atomic E-state index is 0.159. The number of carbonyl (C=O) groups is 1. The van der Waals surface area contributed by atoms with Crippen LogP contribution in [0.15, 0.2) is 12.1 Å². The minimum atomic E-state index is -0.935. The molecule has 0 saturated heterocycles. The smallest absolute Gasteiger partial charge is 0.316 e. The van der Waals surface area contributed by atoms with Gasteiger partial charge in [0.1, 0.15) is 22.9 Å². The molecule has 0 radical (unpaired) electrons. The maximum absolute atomic E-state index is 10.8. The van der Waals surface area contributed by atoms with E-state index in [1.165, 1.54) is 0 Å². The van der Waals surface area contributed by atoms with Crippen LogP contribution in [0, 0.1) is 0 Å². The van der Waals surface area contributed by atoms with Gasteiger partial charge in [-0.05, 0) is 31.0 Å². The number of carboxylic acids is 1. The first-order chi connectivity index (χ1) is 8.51. The van der Waals surface area contributed by atoms with Crippen LogP contribution in [0.5, 0.6) is 11.5 Å². The normalized spacial score (nSPS) is 18.9. The van der Waals surface area contributed by atoms with Crippen LogP contribution in [0.4, 0.5) is 0 Å². The summed E-state index contributed by atoms with van der Waals surface area (Å²) in [5.41, 5.74) is 1.92. The average Bonchev–Trinajstić information content (AvgIpc) is 2.66.